The summed E-state index contributed by atoms with van der Waals surface area (Å²) in [4.78, 5) is 0. The highest BCUT2D eigenvalue weighted by molar-refractivity contribution is 8.00. The Balaban J connectivity index is 0.00000144. The van der Waals surface area contributed by atoms with Crippen molar-refractivity contribution in [3.05, 3.63) is 78.1 Å². The fourth-order valence-electron chi connectivity index (χ4n) is 2.37. The number of nitrogens with zero attached hydrogens (tertiary/aromatic N) is 4. The largest absolute Gasteiger partial charge is 0.212 e. The third kappa shape index (κ3) is 2.65. The quantitative estimate of drug-likeness (QED) is 0.718. The molecule has 4 rings (SSSR count). The molecule has 2 aromatic carbocycles. The number of rotatable bonds is 2. The van der Waals surface area contributed by atoms with Gasteiger partial charge >= 0.3 is 0 Å². The topological polar surface area (TPSA) is 43.1 Å². The Morgan fingerprint density at radius 1 is 0.909 bits per heavy atom. The minimum absolute atomic E-state index is 0. The summed E-state index contributed by atoms with van der Waals surface area (Å²) in [5.41, 5.74) is 3.37. The molecular weight excluding hydrogens is 316 g/mol. The first kappa shape index (κ1) is 14.8. The molecule has 0 saturated heterocycles. The van der Waals surface area contributed by atoms with Gasteiger partial charge in [0, 0.05) is 0 Å². The van der Waals surface area contributed by atoms with Crippen molar-refractivity contribution in [1.82, 2.24) is 14.9 Å². The van der Waals surface area contributed by atoms with Gasteiger partial charge in [0.1, 0.15) is 6.33 Å². The number of fused-ring (bicyclic) bond motifs is 1. The zero-order chi connectivity index (χ0) is 14.1. The van der Waals surface area contributed by atoms with E-state index < -0.39 is 0 Å². The van der Waals surface area contributed by atoms with E-state index in [-0.39, 0.29) is 17.7 Å². The summed E-state index contributed by atoms with van der Waals surface area (Å²) in [6.07, 6.45) is 1.65. The zero-order valence-corrected chi connectivity index (χ0v) is 13.2. The Morgan fingerprint density at radius 2 is 1.59 bits per heavy atom. The van der Waals surface area contributed by atoms with E-state index >= 15 is 0 Å². The molecule has 1 aliphatic heterocycles. The first-order chi connectivity index (χ1) is 10.4. The SMILES string of the molecule is Cl.c1ccc(C2=Nn3cnnc3SC2c2ccccc2)cc1. The van der Waals surface area contributed by atoms with E-state index in [1.165, 1.54) is 5.56 Å². The minimum atomic E-state index is 0. The average Bonchev–Trinajstić information content (AvgIpc) is 3.03. The molecule has 1 aliphatic rings. The summed E-state index contributed by atoms with van der Waals surface area (Å²) < 4.78 is 1.74. The molecule has 0 N–H and O–H groups in total. The number of benzene rings is 2. The lowest BCUT2D eigenvalue weighted by atomic mass is 10.0. The van der Waals surface area contributed by atoms with Gasteiger partial charge in [-0.25, -0.2) is 0 Å². The number of halogens is 1. The smallest absolute Gasteiger partial charge is 0.194 e. The number of aromatic nitrogens is 3. The second-order valence-corrected chi connectivity index (χ2v) is 5.79. The predicted octanol–water partition coefficient (Wildman–Crippen LogP) is 3.80. The van der Waals surface area contributed by atoms with E-state index in [0.717, 1.165) is 16.4 Å². The third-order valence-corrected chi connectivity index (χ3v) is 4.57. The molecule has 0 spiro atoms. The number of hydrogen-bond donors (Lipinski definition) is 0. The van der Waals surface area contributed by atoms with E-state index in [9.17, 15) is 0 Å². The maximum absolute atomic E-state index is 4.72. The van der Waals surface area contributed by atoms with Crippen LogP contribution in [0.2, 0.25) is 0 Å². The van der Waals surface area contributed by atoms with Crippen molar-refractivity contribution in [3.63, 3.8) is 0 Å². The molecule has 0 fully saturated rings. The van der Waals surface area contributed by atoms with Gasteiger partial charge in [0.2, 0.25) is 5.16 Å². The van der Waals surface area contributed by atoms with Crippen LogP contribution in [0.5, 0.6) is 0 Å². The first-order valence-electron chi connectivity index (χ1n) is 6.68. The minimum Gasteiger partial charge on any atom is -0.194 e. The summed E-state index contributed by atoms with van der Waals surface area (Å²) in [5.74, 6) is 0. The van der Waals surface area contributed by atoms with Crippen molar-refractivity contribution >= 4 is 29.9 Å². The predicted molar refractivity (Wildman–Crippen MR) is 90.7 cm³/mol. The summed E-state index contributed by atoms with van der Waals surface area (Å²) in [5, 5.41) is 13.7. The molecule has 3 aromatic rings. The average molecular weight is 329 g/mol. The second-order valence-electron chi connectivity index (χ2n) is 4.72. The molecule has 2 heterocycles. The molecule has 0 radical (unpaired) electrons. The molecule has 4 nitrogen and oxygen atoms in total. The second kappa shape index (κ2) is 6.34. The summed E-state index contributed by atoms with van der Waals surface area (Å²) >= 11 is 1.68. The van der Waals surface area contributed by atoms with Crippen LogP contribution in [0.1, 0.15) is 16.4 Å². The van der Waals surface area contributed by atoms with E-state index in [2.05, 4.69) is 46.6 Å². The Kier molecular flexibility index (Phi) is 4.27. The van der Waals surface area contributed by atoms with Gasteiger partial charge in [-0.15, -0.1) is 22.6 Å². The summed E-state index contributed by atoms with van der Waals surface area (Å²) in [6.45, 7) is 0. The van der Waals surface area contributed by atoms with Gasteiger partial charge in [0.05, 0.1) is 11.0 Å². The van der Waals surface area contributed by atoms with Crippen LogP contribution in [-0.4, -0.2) is 20.6 Å². The van der Waals surface area contributed by atoms with Crippen LogP contribution in [0, 0.1) is 0 Å². The van der Waals surface area contributed by atoms with E-state index in [4.69, 9.17) is 5.10 Å². The fraction of sp³-hybridized carbons (Fsp3) is 0.0625. The van der Waals surface area contributed by atoms with Crippen molar-refractivity contribution in [2.24, 2.45) is 5.10 Å². The van der Waals surface area contributed by atoms with Crippen molar-refractivity contribution in [1.29, 1.82) is 0 Å². The first-order valence-corrected chi connectivity index (χ1v) is 7.56. The molecule has 110 valence electrons. The molecule has 0 aliphatic carbocycles. The molecule has 0 bridgehead atoms. The van der Waals surface area contributed by atoms with Crippen LogP contribution in [0.25, 0.3) is 0 Å². The third-order valence-electron chi connectivity index (χ3n) is 3.36. The van der Waals surface area contributed by atoms with Crippen LogP contribution < -0.4 is 0 Å². The number of thioether (sulfide) groups is 1. The summed E-state index contributed by atoms with van der Waals surface area (Å²) in [7, 11) is 0. The molecule has 0 amide bonds. The van der Waals surface area contributed by atoms with Crippen LogP contribution in [0.15, 0.2) is 77.2 Å². The molecule has 1 aromatic heterocycles. The normalized spacial score (nSPS) is 16.4. The Hall–Kier alpha value is -2.11. The standard InChI is InChI=1S/C16H12N4S.ClH/c1-3-7-12(8-4-1)14-15(13-9-5-2-6-10-13)21-16-18-17-11-20(16)19-14;/h1-11,15H;1H. The molecule has 22 heavy (non-hydrogen) atoms. The highest BCUT2D eigenvalue weighted by Gasteiger charge is 2.27. The Bertz CT molecular complexity index is 786. The molecule has 0 saturated carbocycles. The molecule has 1 atom stereocenters. The Labute approximate surface area is 138 Å². The van der Waals surface area contributed by atoms with Crippen LogP contribution in [0.4, 0.5) is 0 Å². The fourth-order valence-corrected chi connectivity index (χ4v) is 3.46. The maximum atomic E-state index is 4.72. The lowest BCUT2D eigenvalue weighted by Crippen LogP contribution is -2.17. The molecular formula is C16H13ClN4S. The summed E-state index contributed by atoms with van der Waals surface area (Å²) in [6, 6.07) is 20.6. The van der Waals surface area contributed by atoms with Gasteiger partial charge in [-0.2, -0.15) is 9.78 Å². The van der Waals surface area contributed by atoms with Gasteiger partial charge in [0.15, 0.2) is 0 Å². The Morgan fingerprint density at radius 3 is 2.32 bits per heavy atom. The molecule has 6 heteroatoms. The van der Waals surface area contributed by atoms with Crippen molar-refractivity contribution in [3.8, 4) is 0 Å². The zero-order valence-electron chi connectivity index (χ0n) is 11.5. The lowest BCUT2D eigenvalue weighted by Gasteiger charge is -2.22. The van der Waals surface area contributed by atoms with Crippen LogP contribution >= 0.6 is 24.2 Å². The van der Waals surface area contributed by atoms with Crippen molar-refractivity contribution in [2.75, 3.05) is 0 Å². The van der Waals surface area contributed by atoms with Gasteiger partial charge in [0.25, 0.3) is 0 Å². The maximum Gasteiger partial charge on any atom is 0.212 e. The molecule has 1 unspecified atom stereocenters. The van der Waals surface area contributed by atoms with Gasteiger partial charge in [-0.05, 0) is 11.1 Å². The van der Waals surface area contributed by atoms with Gasteiger partial charge < -0.3 is 0 Å². The highest BCUT2D eigenvalue weighted by Crippen LogP contribution is 2.40. The monoisotopic (exact) mass is 328 g/mol. The van der Waals surface area contributed by atoms with E-state index in [0.29, 0.717) is 0 Å². The van der Waals surface area contributed by atoms with Crippen molar-refractivity contribution in [2.45, 2.75) is 10.4 Å². The van der Waals surface area contributed by atoms with Gasteiger partial charge in [-0.3, -0.25) is 0 Å². The highest BCUT2D eigenvalue weighted by atomic mass is 35.5. The number of hydrogen-bond acceptors (Lipinski definition) is 4. The van der Waals surface area contributed by atoms with Crippen LogP contribution in [0.3, 0.4) is 0 Å². The van der Waals surface area contributed by atoms with Crippen LogP contribution in [-0.2, 0) is 0 Å². The van der Waals surface area contributed by atoms with Gasteiger partial charge in [-0.1, -0.05) is 72.4 Å². The van der Waals surface area contributed by atoms with Crippen molar-refractivity contribution < 1.29 is 0 Å². The lowest BCUT2D eigenvalue weighted by molar-refractivity contribution is 0.748. The van der Waals surface area contributed by atoms with E-state index in [1.807, 2.05) is 24.3 Å². The van der Waals surface area contributed by atoms with E-state index in [1.54, 1.807) is 22.8 Å².